The second-order valence-corrected chi connectivity index (χ2v) is 8.34. The largest absolute Gasteiger partial charge is 0.454 e. The molecule has 0 amide bonds. The predicted molar refractivity (Wildman–Crippen MR) is 95.1 cm³/mol. The van der Waals surface area contributed by atoms with E-state index in [4.69, 9.17) is 4.74 Å². The lowest BCUT2D eigenvalue weighted by molar-refractivity contribution is -0.563. The van der Waals surface area contributed by atoms with Crippen molar-refractivity contribution in [3.8, 4) is 0 Å². The molecule has 0 aliphatic carbocycles. The minimum Gasteiger partial charge on any atom is -0.454 e. The number of hydrogen-bond acceptors (Lipinski definition) is 6. The number of sulfone groups is 1. The third-order valence-electron chi connectivity index (χ3n) is 3.69. The van der Waals surface area contributed by atoms with Crippen molar-refractivity contribution < 1.29 is 22.9 Å². The highest BCUT2D eigenvalue weighted by Crippen LogP contribution is 2.22. The Morgan fingerprint density at radius 1 is 1.08 bits per heavy atom. The van der Waals surface area contributed by atoms with E-state index in [1.54, 1.807) is 30.3 Å². The molecule has 8 heteroatoms. The first kappa shape index (κ1) is 19.6. The van der Waals surface area contributed by atoms with Gasteiger partial charge in [0.15, 0.2) is 16.4 Å². The molecule has 2 aromatic rings. The number of carbonyl (C=O) groups is 1. The van der Waals surface area contributed by atoms with E-state index < -0.39 is 32.9 Å². The van der Waals surface area contributed by atoms with E-state index in [2.05, 4.69) is 0 Å². The van der Waals surface area contributed by atoms with Gasteiger partial charge in [-0.3, -0.25) is 10.1 Å². The van der Waals surface area contributed by atoms with Crippen LogP contribution in [0, 0.1) is 10.1 Å². The van der Waals surface area contributed by atoms with Crippen LogP contribution in [0.2, 0.25) is 0 Å². The highest BCUT2D eigenvalue weighted by Gasteiger charge is 2.33. The van der Waals surface area contributed by atoms with Gasteiger partial charge in [-0.1, -0.05) is 42.5 Å². The lowest BCUT2D eigenvalue weighted by Crippen LogP contribution is -2.37. The molecule has 0 unspecified atom stereocenters. The Balaban J connectivity index is 2.27. The predicted octanol–water partition coefficient (Wildman–Crippen LogP) is 2.87. The molecule has 0 heterocycles. The third kappa shape index (κ3) is 4.66. The Hall–Kier alpha value is -2.74. The first-order valence-electron chi connectivity index (χ1n) is 7.81. The van der Waals surface area contributed by atoms with E-state index in [0.29, 0.717) is 5.56 Å². The van der Waals surface area contributed by atoms with Gasteiger partial charge in [0.1, 0.15) is 0 Å². The van der Waals surface area contributed by atoms with Crippen molar-refractivity contribution >= 4 is 15.8 Å². The van der Waals surface area contributed by atoms with E-state index in [0.717, 1.165) is 0 Å². The zero-order valence-corrected chi connectivity index (χ0v) is 15.2. The summed E-state index contributed by atoms with van der Waals surface area (Å²) in [7, 11) is -3.79. The molecule has 7 nitrogen and oxygen atoms in total. The number of nitro groups is 1. The smallest absolute Gasteiger partial charge is 0.339 e. The number of carbonyl (C=O) groups excluding carboxylic acids is 1. The molecule has 0 aromatic heterocycles. The summed E-state index contributed by atoms with van der Waals surface area (Å²) in [6.07, 6.45) is 0. The lowest BCUT2D eigenvalue weighted by Gasteiger charge is -2.16. The van der Waals surface area contributed by atoms with Gasteiger partial charge in [0.25, 0.3) is 0 Å². The van der Waals surface area contributed by atoms with Crippen molar-refractivity contribution in [2.75, 3.05) is 6.61 Å². The number of rotatable bonds is 7. The highest BCUT2D eigenvalue weighted by atomic mass is 32.2. The van der Waals surface area contributed by atoms with Gasteiger partial charge in [0.2, 0.25) is 5.54 Å². The maximum Gasteiger partial charge on any atom is 0.339 e. The van der Waals surface area contributed by atoms with Gasteiger partial charge in [0, 0.05) is 18.8 Å². The maximum atomic E-state index is 12.7. The van der Waals surface area contributed by atoms with Crippen molar-refractivity contribution in [3.05, 3.63) is 75.8 Å². The van der Waals surface area contributed by atoms with Crippen LogP contribution in [0.5, 0.6) is 0 Å². The number of hydrogen-bond donors (Lipinski definition) is 0. The van der Waals surface area contributed by atoms with Crippen molar-refractivity contribution in [1.82, 2.24) is 0 Å². The SMILES string of the molecule is CC(C)(COC(=O)c1ccccc1S(=O)(=O)Cc1ccccc1)[N+](=O)[O-]. The summed E-state index contributed by atoms with van der Waals surface area (Å²) in [4.78, 5) is 22.5. The summed E-state index contributed by atoms with van der Waals surface area (Å²) in [5.41, 5.74) is -1.01. The van der Waals surface area contributed by atoms with Crippen LogP contribution in [-0.2, 0) is 20.3 Å². The summed E-state index contributed by atoms with van der Waals surface area (Å²) in [6, 6.07) is 14.3. The Bertz CT molecular complexity index is 906. The monoisotopic (exact) mass is 377 g/mol. The van der Waals surface area contributed by atoms with Crippen LogP contribution in [0.1, 0.15) is 29.8 Å². The average molecular weight is 377 g/mol. The molecule has 0 saturated heterocycles. The molecule has 0 saturated carbocycles. The van der Waals surface area contributed by atoms with E-state index in [-0.39, 0.29) is 16.2 Å². The van der Waals surface area contributed by atoms with Gasteiger partial charge in [-0.25, -0.2) is 13.2 Å². The van der Waals surface area contributed by atoms with Crippen molar-refractivity contribution in [3.63, 3.8) is 0 Å². The Morgan fingerprint density at radius 3 is 2.27 bits per heavy atom. The van der Waals surface area contributed by atoms with Crippen molar-refractivity contribution in [1.29, 1.82) is 0 Å². The van der Waals surface area contributed by atoms with Crippen LogP contribution in [0.3, 0.4) is 0 Å². The summed E-state index contributed by atoms with van der Waals surface area (Å²) in [5.74, 6) is -1.18. The van der Waals surface area contributed by atoms with Crippen LogP contribution in [-0.4, -0.2) is 31.5 Å². The first-order valence-corrected chi connectivity index (χ1v) is 9.46. The van der Waals surface area contributed by atoms with Gasteiger partial charge in [0.05, 0.1) is 16.2 Å². The summed E-state index contributed by atoms with van der Waals surface area (Å²) >= 11 is 0. The highest BCUT2D eigenvalue weighted by molar-refractivity contribution is 7.90. The summed E-state index contributed by atoms with van der Waals surface area (Å²) in [5, 5.41) is 10.9. The van der Waals surface area contributed by atoms with Crippen LogP contribution < -0.4 is 0 Å². The summed E-state index contributed by atoms with van der Waals surface area (Å²) in [6.45, 7) is 2.17. The fraction of sp³-hybridized carbons (Fsp3) is 0.278. The van der Waals surface area contributed by atoms with Gasteiger partial charge in [-0.15, -0.1) is 0 Å². The molecular weight excluding hydrogens is 358 g/mol. The van der Waals surface area contributed by atoms with E-state index >= 15 is 0 Å². The van der Waals surface area contributed by atoms with Gasteiger partial charge >= 0.3 is 5.97 Å². The van der Waals surface area contributed by atoms with Gasteiger partial charge in [-0.05, 0) is 17.7 Å². The maximum absolute atomic E-state index is 12.7. The molecule has 0 atom stereocenters. The van der Waals surface area contributed by atoms with Crippen molar-refractivity contribution in [2.45, 2.75) is 30.0 Å². The normalized spacial score (nSPS) is 11.8. The van der Waals surface area contributed by atoms with E-state index in [9.17, 15) is 23.3 Å². The first-order chi connectivity index (χ1) is 12.1. The third-order valence-corrected chi connectivity index (χ3v) is 5.43. The average Bonchev–Trinajstić information content (AvgIpc) is 2.60. The number of esters is 1. The molecule has 0 bridgehead atoms. The molecule has 0 radical (unpaired) electrons. The Morgan fingerprint density at radius 2 is 1.65 bits per heavy atom. The molecule has 0 spiro atoms. The topological polar surface area (TPSA) is 104 Å². The molecule has 0 aliphatic heterocycles. The van der Waals surface area contributed by atoms with Crippen LogP contribution >= 0.6 is 0 Å². The zero-order chi connectivity index (χ0) is 19.4. The lowest BCUT2D eigenvalue weighted by atomic mass is 10.1. The van der Waals surface area contributed by atoms with Crippen LogP contribution in [0.25, 0.3) is 0 Å². The fourth-order valence-corrected chi connectivity index (χ4v) is 3.71. The Kier molecular flexibility index (Phi) is 5.76. The fourth-order valence-electron chi connectivity index (χ4n) is 2.15. The van der Waals surface area contributed by atoms with Crippen LogP contribution in [0.4, 0.5) is 0 Å². The molecule has 2 aromatic carbocycles. The molecular formula is C18H19NO6S. The standard InChI is InChI=1S/C18H19NO6S/c1-18(2,19(21)22)13-25-17(20)15-10-6-7-11-16(15)26(23,24)12-14-8-4-3-5-9-14/h3-11H,12-13H2,1-2H3. The quantitative estimate of drug-likeness (QED) is 0.417. The molecule has 26 heavy (non-hydrogen) atoms. The van der Waals surface area contributed by atoms with Gasteiger partial charge < -0.3 is 4.74 Å². The minimum atomic E-state index is -3.79. The molecule has 0 N–H and O–H groups in total. The van der Waals surface area contributed by atoms with Gasteiger partial charge in [-0.2, -0.15) is 0 Å². The van der Waals surface area contributed by atoms with Crippen molar-refractivity contribution in [2.24, 2.45) is 0 Å². The zero-order valence-electron chi connectivity index (χ0n) is 14.4. The van der Waals surface area contributed by atoms with Crippen LogP contribution in [0.15, 0.2) is 59.5 Å². The molecule has 2 rings (SSSR count). The number of benzene rings is 2. The number of ether oxygens (including phenoxy) is 1. The summed E-state index contributed by atoms with van der Waals surface area (Å²) < 4.78 is 30.4. The number of nitrogens with zero attached hydrogens (tertiary/aromatic N) is 1. The van der Waals surface area contributed by atoms with E-state index in [1.807, 2.05) is 0 Å². The van der Waals surface area contributed by atoms with E-state index in [1.165, 1.54) is 38.1 Å². The molecule has 138 valence electrons. The molecule has 0 aliphatic rings. The molecule has 0 fully saturated rings. The second-order valence-electron chi connectivity index (χ2n) is 6.39. The minimum absolute atomic E-state index is 0.137. The second kappa shape index (κ2) is 7.65. The Labute approximate surface area is 151 Å².